The summed E-state index contributed by atoms with van der Waals surface area (Å²) in [5.74, 6) is 3.21. The molecule has 12 heavy (non-hydrogen) atoms. The molecule has 0 aromatic rings. The zero-order chi connectivity index (χ0) is 9.40. The molecule has 4 heteroatoms. The van der Waals surface area contributed by atoms with Gasteiger partial charge in [0, 0.05) is 12.3 Å². The number of aliphatic carboxylic acids is 1. The molecule has 1 atom stereocenters. The van der Waals surface area contributed by atoms with Crippen LogP contribution in [0.3, 0.4) is 0 Å². The second-order valence-corrected chi connectivity index (χ2v) is 3.38. The van der Waals surface area contributed by atoms with Crippen LogP contribution in [0.1, 0.15) is 6.92 Å². The summed E-state index contributed by atoms with van der Waals surface area (Å²) in [6, 6.07) is -0.476. The van der Waals surface area contributed by atoms with Gasteiger partial charge in [-0.3, -0.25) is 4.79 Å². The van der Waals surface area contributed by atoms with E-state index in [0.29, 0.717) is 12.3 Å². The van der Waals surface area contributed by atoms with Crippen molar-refractivity contribution in [3.8, 4) is 12.3 Å². The van der Waals surface area contributed by atoms with Crippen LogP contribution in [0.25, 0.3) is 0 Å². The molecule has 0 saturated heterocycles. The minimum atomic E-state index is -0.822. The minimum absolute atomic E-state index is 0.476. The summed E-state index contributed by atoms with van der Waals surface area (Å²) >= 11 is 1.62. The second kappa shape index (κ2) is 7.01. The summed E-state index contributed by atoms with van der Waals surface area (Å²) in [5.41, 5.74) is 0. The fourth-order valence-electron chi connectivity index (χ4n) is 0.566. The Hall–Kier alpha value is -0.660. The molecule has 0 rings (SSSR count). The average Bonchev–Trinajstić information content (AvgIpc) is 2.03. The largest absolute Gasteiger partial charge is 0.480 e. The summed E-state index contributed by atoms with van der Waals surface area (Å²) in [6.45, 7) is 2.30. The van der Waals surface area contributed by atoms with E-state index in [1.165, 1.54) is 0 Å². The second-order valence-electron chi connectivity index (χ2n) is 2.27. The lowest BCUT2D eigenvalue weighted by molar-refractivity contribution is -0.138. The number of terminal acetylenes is 1. The lowest BCUT2D eigenvalue weighted by atomic mass is 10.3. The van der Waals surface area contributed by atoms with Crippen LogP contribution in [0.2, 0.25) is 0 Å². The Kier molecular flexibility index (Phi) is 6.63. The normalized spacial score (nSPS) is 12.0. The highest BCUT2D eigenvalue weighted by atomic mass is 32.2. The maximum atomic E-state index is 10.3. The number of carboxylic acids is 1. The maximum absolute atomic E-state index is 10.3. The number of thioether (sulfide) groups is 1. The van der Waals surface area contributed by atoms with Crippen molar-refractivity contribution in [3.05, 3.63) is 0 Å². The molecule has 0 aliphatic heterocycles. The van der Waals surface area contributed by atoms with E-state index in [1.807, 2.05) is 0 Å². The lowest BCUT2D eigenvalue weighted by Crippen LogP contribution is -2.35. The van der Waals surface area contributed by atoms with Crippen molar-refractivity contribution in [2.24, 2.45) is 0 Å². The van der Waals surface area contributed by atoms with Gasteiger partial charge >= 0.3 is 5.97 Å². The summed E-state index contributed by atoms with van der Waals surface area (Å²) in [6.07, 6.45) is 5.03. The number of carboxylic acid groups (broad SMARTS) is 1. The highest BCUT2D eigenvalue weighted by Gasteiger charge is 2.07. The molecule has 0 fully saturated rings. The summed E-state index contributed by atoms with van der Waals surface area (Å²) < 4.78 is 0. The van der Waals surface area contributed by atoms with Gasteiger partial charge in [-0.25, -0.2) is 0 Å². The van der Waals surface area contributed by atoms with E-state index in [1.54, 1.807) is 18.7 Å². The van der Waals surface area contributed by atoms with Crippen molar-refractivity contribution in [1.82, 2.24) is 5.32 Å². The molecule has 68 valence electrons. The summed E-state index contributed by atoms with van der Waals surface area (Å²) in [4.78, 5) is 10.3. The molecular weight excluding hydrogens is 174 g/mol. The molecule has 3 nitrogen and oxygen atoms in total. The van der Waals surface area contributed by atoms with Crippen LogP contribution in [0.4, 0.5) is 0 Å². The Labute approximate surface area is 76.9 Å². The molecule has 0 amide bonds. The van der Waals surface area contributed by atoms with Gasteiger partial charge in [0.05, 0.1) is 5.75 Å². The Morgan fingerprint density at radius 1 is 1.83 bits per heavy atom. The SMILES string of the molecule is C#CCSCCNC(C)C(=O)O. The van der Waals surface area contributed by atoms with Gasteiger partial charge in [-0.1, -0.05) is 5.92 Å². The van der Waals surface area contributed by atoms with Crippen LogP contribution in [0.15, 0.2) is 0 Å². The summed E-state index contributed by atoms with van der Waals surface area (Å²) in [5, 5.41) is 11.3. The predicted molar refractivity (Wildman–Crippen MR) is 51.3 cm³/mol. The minimum Gasteiger partial charge on any atom is -0.480 e. The Morgan fingerprint density at radius 3 is 3.00 bits per heavy atom. The van der Waals surface area contributed by atoms with Crippen molar-refractivity contribution in [1.29, 1.82) is 0 Å². The zero-order valence-electron chi connectivity index (χ0n) is 7.04. The first kappa shape index (κ1) is 11.3. The van der Waals surface area contributed by atoms with Gasteiger partial charge in [-0.15, -0.1) is 18.2 Å². The van der Waals surface area contributed by atoms with E-state index in [0.717, 1.165) is 5.75 Å². The molecule has 0 heterocycles. The molecule has 0 aliphatic rings. The third-order valence-electron chi connectivity index (χ3n) is 1.25. The lowest BCUT2D eigenvalue weighted by Gasteiger charge is -2.07. The number of hydrogen-bond donors (Lipinski definition) is 2. The maximum Gasteiger partial charge on any atom is 0.320 e. The molecule has 0 bridgehead atoms. The molecule has 0 radical (unpaired) electrons. The summed E-state index contributed by atoms with van der Waals surface area (Å²) in [7, 11) is 0. The third-order valence-corrected chi connectivity index (χ3v) is 2.12. The predicted octanol–water partition coefficient (Wildman–Crippen LogP) is 0.415. The van der Waals surface area contributed by atoms with Gasteiger partial charge < -0.3 is 10.4 Å². The van der Waals surface area contributed by atoms with E-state index in [2.05, 4.69) is 11.2 Å². The quantitative estimate of drug-likeness (QED) is 0.467. The van der Waals surface area contributed by atoms with Crippen molar-refractivity contribution in [2.45, 2.75) is 13.0 Å². The van der Waals surface area contributed by atoms with E-state index < -0.39 is 12.0 Å². The van der Waals surface area contributed by atoms with Gasteiger partial charge in [-0.05, 0) is 6.92 Å². The monoisotopic (exact) mass is 187 g/mol. The van der Waals surface area contributed by atoms with Gasteiger partial charge in [-0.2, -0.15) is 0 Å². The molecule has 0 aromatic heterocycles. The van der Waals surface area contributed by atoms with E-state index in [9.17, 15) is 4.79 Å². The Morgan fingerprint density at radius 2 is 2.50 bits per heavy atom. The number of nitrogens with one attached hydrogen (secondary N) is 1. The Balaban J connectivity index is 3.21. The highest BCUT2D eigenvalue weighted by Crippen LogP contribution is 1.95. The van der Waals surface area contributed by atoms with Crippen LogP contribution in [-0.2, 0) is 4.79 Å². The Bertz CT molecular complexity index is 176. The van der Waals surface area contributed by atoms with Crippen LogP contribution < -0.4 is 5.32 Å². The molecule has 0 aliphatic carbocycles. The fourth-order valence-corrected chi connectivity index (χ4v) is 1.09. The fraction of sp³-hybridized carbons (Fsp3) is 0.625. The zero-order valence-corrected chi connectivity index (χ0v) is 7.86. The van der Waals surface area contributed by atoms with Crippen molar-refractivity contribution >= 4 is 17.7 Å². The van der Waals surface area contributed by atoms with E-state index >= 15 is 0 Å². The van der Waals surface area contributed by atoms with Crippen molar-refractivity contribution < 1.29 is 9.90 Å². The first-order valence-corrected chi connectivity index (χ1v) is 4.81. The van der Waals surface area contributed by atoms with Gasteiger partial charge in [0.15, 0.2) is 0 Å². The molecule has 2 N–H and O–H groups in total. The number of hydrogen-bond acceptors (Lipinski definition) is 3. The van der Waals surface area contributed by atoms with Crippen LogP contribution in [-0.4, -0.2) is 35.2 Å². The smallest absolute Gasteiger partial charge is 0.320 e. The third kappa shape index (κ3) is 6.08. The van der Waals surface area contributed by atoms with Crippen LogP contribution in [0, 0.1) is 12.3 Å². The van der Waals surface area contributed by atoms with Gasteiger partial charge in [0.25, 0.3) is 0 Å². The van der Waals surface area contributed by atoms with Crippen molar-refractivity contribution in [2.75, 3.05) is 18.1 Å². The van der Waals surface area contributed by atoms with Crippen LogP contribution in [0.5, 0.6) is 0 Å². The number of rotatable bonds is 6. The van der Waals surface area contributed by atoms with Gasteiger partial charge in [0.1, 0.15) is 6.04 Å². The van der Waals surface area contributed by atoms with Crippen molar-refractivity contribution in [3.63, 3.8) is 0 Å². The highest BCUT2D eigenvalue weighted by molar-refractivity contribution is 7.99. The number of carbonyl (C=O) groups is 1. The van der Waals surface area contributed by atoms with Crippen LogP contribution >= 0.6 is 11.8 Å². The van der Waals surface area contributed by atoms with E-state index in [-0.39, 0.29) is 0 Å². The average molecular weight is 187 g/mol. The molecule has 0 spiro atoms. The molecule has 1 unspecified atom stereocenters. The molecular formula is C8H13NO2S. The molecule has 0 saturated carbocycles. The first-order valence-electron chi connectivity index (χ1n) is 3.66. The molecule has 0 aromatic carbocycles. The first-order chi connectivity index (χ1) is 5.68. The topological polar surface area (TPSA) is 49.3 Å². The van der Waals surface area contributed by atoms with E-state index in [4.69, 9.17) is 11.5 Å². The van der Waals surface area contributed by atoms with Gasteiger partial charge in [0.2, 0.25) is 0 Å². The standard InChI is InChI=1S/C8H13NO2S/c1-3-5-12-6-4-9-7(2)8(10)11/h1,7,9H,4-6H2,2H3,(H,10,11).